The summed E-state index contributed by atoms with van der Waals surface area (Å²) in [5.74, 6) is -3.83. The van der Waals surface area contributed by atoms with Crippen molar-refractivity contribution < 1.29 is 43.4 Å². The molecule has 1 rings (SSSR count). The van der Waals surface area contributed by atoms with Crippen LogP contribution >= 0.6 is 0 Å². The molecule has 4 atom stereocenters. The largest absolute Gasteiger partial charge is 0.467 e. The summed E-state index contributed by atoms with van der Waals surface area (Å²) >= 11 is 0. The van der Waals surface area contributed by atoms with E-state index in [0.29, 0.717) is 13.0 Å². The van der Waals surface area contributed by atoms with E-state index in [9.17, 15) is 29.1 Å². The summed E-state index contributed by atoms with van der Waals surface area (Å²) in [6, 6.07) is -3.43. The molecule has 1 unspecified atom stereocenters. The van der Waals surface area contributed by atoms with Crippen molar-refractivity contribution in [2.45, 2.75) is 138 Å². The van der Waals surface area contributed by atoms with Crippen LogP contribution in [0.2, 0.25) is 0 Å². The van der Waals surface area contributed by atoms with Gasteiger partial charge in [-0.2, -0.15) is 0 Å². The molecule has 1 fully saturated rings. The second kappa shape index (κ2) is 24.6. The number of ether oxygens (including phenoxy) is 2. The van der Waals surface area contributed by atoms with E-state index < -0.39 is 73.0 Å². The van der Waals surface area contributed by atoms with Gasteiger partial charge >= 0.3 is 5.97 Å². The molecule has 0 radical (unpaired) electrons. The van der Waals surface area contributed by atoms with E-state index >= 15 is 0 Å². The Hall–Kier alpha value is -3.55. The molecular formula is C38H64N4O9. The number of hydroxylamine groups is 2. The van der Waals surface area contributed by atoms with Crippen molar-refractivity contribution in [1.29, 1.82) is 0 Å². The molecule has 13 heteroatoms. The summed E-state index contributed by atoms with van der Waals surface area (Å²) < 4.78 is 10.3. The van der Waals surface area contributed by atoms with Gasteiger partial charge in [0.05, 0.1) is 20.3 Å². The molecule has 0 aromatic carbocycles. The Morgan fingerprint density at radius 2 is 1.49 bits per heavy atom. The standard InChI is InChI=1S/C38H64N4O9/c1-25(2)14-12-15-28(7)16-13-17-29(8)19-20-42(51-34-18-10-11-21-50-34)33(45)23-32(44)41-35(27(5)6)37(47)39-30(22-26(3)4)36(46)40-31(24-43)38(48)49-9/h14,16,19,26-27,30-31,34-35,43H,10-13,15,17-18,20-24H2,1-9H3,(H,39,47)(H,40,46)(H,41,44)/b28-16+,29-19+/t30-,31-,34?,35-/m0/s1. The minimum Gasteiger partial charge on any atom is -0.467 e. The highest BCUT2D eigenvalue weighted by molar-refractivity contribution is 5.99. The average Bonchev–Trinajstić information content (AvgIpc) is 3.06. The zero-order valence-electron chi connectivity index (χ0n) is 32.3. The maximum absolute atomic E-state index is 13.4. The Labute approximate surface area is 304 Å². The number of carbonyl (C=O) groups is 5. The Bertz CT molecular complexity index is 1220. The summed E-state index contributed by atoms with van der Waals surface area (Å²) in [6.07, 6.45) is 11.6. The van der Waals surface area contributed by atoms with Crippen LogP contribution in [-0.4, -0.2) is 91.1 Å². The number of nitrogens with zero attached hydrogens (tertiary/aromatic N) is 1. The first-order chi connectivity index (χ1) is 24.1. The van der Waals surface area contributed by atoms with E-state index in [4.69, 9.17) is 9.57 Å². The smallest absolute Gasteiger partial charge is 0.330 e. The molecule has 1 aliphatic rings. The highest BCUT2D eigenvalue weighted by atomic mass is 16.8. The zero-order valence-corrected chi connectivity index (χ0v) is 32.3. The lowest BCUT2D eigenvalue weighted by Gasteiger charge is -2.29. The Balaban J connectivity index is 2.97. The van der Waals surface area contributed by atoms with Gasteiger partial charge in [0.1, 0.15) is 18.5 Å². The van der Waals surface area contributed by atoms with Gasteiger partial charge in [0.15, 0.2) is 12.3 Å². The number of esters is 1. The van der Waals surface area contributed by atoms with Crippen molar-refractivity contribution in [3.05, 3.63) is 34.9 Å². The number of carbonyl (C=O) groups excluding carboxylic acids is 5. The Kier molecular flexibility index (Phi) is 21.9. The van der Waals surface area contributed by atoms with Crippen molar-refractivity contribution >= 4 is 29.6 Å². The summed E-state index contributed by atoms with van der Waals surface area (Å²) in [4.78, 5) is 71.0. The fourth-order valence-electron chi connectivity index (χ4n) is 5.26. The van der Waals surface area contributed by atoms with Gasteiger partial charge in [-0.15, -0.1) is 0 Å². The quantitative estimate of drug-likeness (QED) is 0.0547. The van der Waals surface area contributed by atoms with Gasteiger partial charge < -0.3 is 30.5 Å². The SMILES string of the molecule is COC(=O)[C@H](CO)NC(=O)[C@H](CC(C)C)NC(=O)[C@@H](NC(=O)CC(=O)N(C/C=C(\C)CC/C=C(\C)CCC=C(C)C)OC1CCCCO1)C(C)C. The van der Waals surface area contributed by atoms with E-state index in [0.717, 1.165) is 56.3 Å². The predicted octanol–water partition coefficient (Wildman–Crippen LogP) is 4.40. The molecule has 0 aromatic rings. The molecule has 1 heterocycles. The first kappa shape index (κ1) is 45.5. The van der Waals surface area contributed by atoms with E-state index in [1.807, 2.05) is 26.8 Å². The molecule has 0 aromatic heterocycles. The highest BCUT2D eigenvalue weighted by Crippen LogP contribution is 2.17. The van der Waals surface area contributed by atoms with Crippen LogP contribution in [0.4, 0.5) is 0 Å². The van der Waals surface area contributed by atoms with Gasteiger partial charge in [0.2, 0.25) is 17.7 Å². The minimum atomic E-state index is -1.30. The van der Waals surface area contributed by atoms with Crippen LogP contribution in [0.25, 0.3) is 0 Å². The van der Waals surface area contributed by atoms with Crippen molar-refractivity contribution in [2.24, 2.45) is 11.8 Å². The van der Waals surface area contributed by atoms with Crippen LogP contribution < -0.4 is 16.0 Å². The van der Waals surface area contributed by atoms with E-state index in [1.165, 1.54) is 11.1 Å². The number of allylic oxidation sites excluding steroid dienone is 5. The van der Waals surface area contributed by atoms with Gasteiger partial charge in [-0.25, -0.2) is 14.7 Å². The number of nitrogens with one attached hydrogen (secondary N) is 3. The number of aliphatic hydroxyl groups excluding tert-OH is 1. The summed E-state index contributed by atoms with van der Waals surface area (Å²) in [5.41, 5.74) is 3.72. The van der Waals surface area contributed by atoms with Gasteiger partial charge in [-0.05, 0) is 84.5 Å². The molecule has 0 bridgehead atoms. The van der Waals surface area contributed by atoms with Crippen LogP contribution in [0.15, 0.2) is 34.9 Å². The summed E-state index contributed by atoms with van der Waals surface area (Å²) in [6.45, 7) is 15.5. The molecule has 290 valence electrons. The summed E-state index contributed by atoms with van der Waals surface area (Å²) in [7, 11) is 1.13. The highest BCUT2D eigenvalue weighted by Gasteiger charge is 2.32. The third-order valence-corrected chi connectivity index (χ3v) is 8.29. The van der Waals surface area contributed by atoms with Crippen LogP contribution in [0.3, 0.4) is 0 Å². The Morgan fingerprint density at radius 3 is 2.04 bits per heavy atom. The summed E-state index contributed by atoms with van der Waals surface area (Å²) in [5, 5.41) is 18.4. The van der Waals surface area contributed by atoms with Crippen molar-refractivity contribution in [3.8, 4) is 0 Å². The monoisotopic (exact) mass is 720 g/mol. The second-order valence-electron chi connectivity index (χ2n) is 14.2. The molecule has 4 amide bonds. The molecule has 0 aliphatic carbocycles. The molecular weight excluding hydrogens is 656 g/mol. The van der Waals surface area contributed by atoms with Crippen molar-refractivity contribution in [3.63, 3.8) is 0 Å². The van der Waals surface area contributed by atoms with Gasteiger partial charge in [-0.3, -0.25) is 19.2 Å². The van der Waals surface area contributed by atoms with E-state index in [1.54, 1.807) is 13.8 Å². The van der Waals surface area contributed by atoms with E-state index in [2.05, 4.69) is 53.6 Å². The number of rotatable bonds is 22. The van der Waals surface area contributed by atoms with Crippen LogP contribution in [0, 0.1) is 11.8 Å². The molecule has 1 aliphatic heterocycles. The van der Waals surface area contributed by atoms with Crippen LogP contribution in [-0.2, 0) is 38.3 Å². The number of amides is 4. The zero-order chi connectivity index (χ0) is 38.5. The second-order valence-corrected chi connectivity index (χ2v) is 14.2. The van der Waals surface area contributed by atoms with Gasteiger partial charge in [0, 0.05) is 13.0 Å². The first-order valence-corrected chi connectivity index (χ1v) is 18.2. The van der Waals surface area contributed by atoms with Crippen molar-refractivity contribution in [1.82, 2.24) is 21.0 Å². The van der Waals surface area contributed by atoms with Crippen LogP contribution in [0.1, 0.15) is 113 Å². The number of aliphatic hydroxyl groups is 1. The molecule has 13 nitrogen and oxygen atoms in total. The molecule has 0 saturated carbocycles. The fourth-order valence-corrected chi connectivity index (χ4v) is 5.26. The maximum atomic E-state index is 13.4. The van der Waals surface area contributed by atoms with Crippen LogP contribution in [0.5, 0.6) is 0 Å². The van der Waals surface area contributed by atoms with Gasteiger partial charge in [0.25, 0.3) is 5.91 Å². The molecule has 0 spiro atoms. The predicted molar refractivity (Wildman–Crippen MR) is 196 cm³/mol. The normalized spacial score (nSPS) is 16.9. The topological polar surface area (TPSA) is 173 Å². The number of hydrogen-bond donors (Lipinski definition) is 4. The lowest BCUT2D eigenvalue weighted by molar-refractivity contribution is -0.276. The third kappa shape index (κ3) is 19.0. The third-order valence-electron chi connectivity index (χ3n) is 8.29. The lowest BCUT2D eigenvalue weighted by Crippen LogP contribution is -2.57. The first-order valence-electron chi connectivity index (χ1n) is 18.2. The fraction of sp³-hybridized carbons (Fsp3) is 0.711. The number of hydrogen-bond acceptors (Lipinski definition) is 9. The number of methoxy groups -OCH3 is 1. The Morgan fingerprint density at radius 1 is 0.863 bits per heavy atom. The average molecular weight is 721 g/mol. The minimum absolute atomic E-state index is 0.0218. The lowest BCUT2D eigenvalue weighted by atomic mass is 9.99. The molecule has 1 saturated heterocycles. The van der Waals surface area contributed by atoms with Gasteiger partial charge in [-0.1, -0.05) is 62.6 Å². The van der Waals surface area contributed by atoms with E-state index in [-0.39, 0.29) is 18.9 Å². The molecule has 51 heavy (non-hydrogen) atoms. The molecule has 4 N–H and O–H groups in total. The maximum Gasteiger partial charge on any atom is 0.330 e. The van der Waals surface area contributed by atoms with Crippen molar-refractivity contribution in [2.75, 3.05) is 26.9 Å².